The third kappa shape index (κ3) is 4.89. The van der Waals surface area contributed by atoms with E-state index in [9.17, 15) is 9.59 Å². The summed E-state index contributed by atoms with van der Waals surface area (Å²) in [5.41, 5.74) is 4.44. The van der Waals surface area contributed by atoms with E-state index in [2.05, 4.69) is 10.6 Å². The Bertz CT molecular complexity index is 1120. The van der Waals surface area contributed by atoms with Crippen LogP contribution >= 0.6 is 11.8 Å². The molecular formula is C25H25N3O3S. The lowest BCUT2D eigenvalue weighted by Gasteiger charge is -2.26. The molecule has 1 unspecified atom stereocenters. The molecule has 0 bridgehead atoms. The highest BCUT2D eigenvalue weighted by atomic mass is 32.2. The lowest BCUT2D eigenvalue weighted by atomic mass is 10.1. The topological polar surface area (TPSA) is 70.7 Å². The maximum Gasteiger partial charge on any atom is 0.319 e. The fraction of sp³-hybridized carbons (Fsp3) is 0.200. The minimum absolute atomic E-state index is 0.0304. The van der Waals surface area contributed by atoms with E-state index in [0.29, 0.717) is 23.7 Å². The summed E-state index contributed by atoms with van der Waals surface area (Å²) in [5.74, 6) is 1.07. The molecule has 0 saturated carbocycles. The van der Waals surface area contributed by atoms with Crippen LogP contribution in [0.5, 0.6) is 5.75 Å². The van der Waals surface area contributed by atoms with Crippen LogP contribution in [0.1, 0.15) is 22.1 Å². The highest BCUT2D eigenvalue weighted by Crippen LogP contribution is 2.45. The Morgan fingerprint density at radius 2 is 1.91 bits per heavy atom. The Kier molecular flexibility index (Phi) is 6.66. The van der Waals surface area contributed by atoms with Gasteiger partial charge in [0.1, 0.15) is 11.1 Å². The SMILES string of the molecule is COc1ccc(C)cc1N1C(=O)CSC1c1cccc(NC(=O)NCc2ccccc2)c1. The molecule has 3 aromatic carbocycles. The molecule has 0 aliphatic carbocycles. The van der Waals surface area contributed by atoms with Gasteiger partial charge < -0.3 is 15.4 Å². The van der Waals surface area contributed by atoms with Gasteiger partial charge in [0.15, 0.2) is 0 Å². The molecule has 164 valence electrons. The van der Waals surface area contributed by atoms with Gasteiger partial charge in [0.05, 0.1) is 18.6 Å². The van der Waals surface area contributed by atoms with E-state index in [-0.39, 0.29) is 17.3 Å². The molecule has 4 rings (SSSR count). The number of hydrogen-bond donors (Lipinski definition) is 2. The Hall–Kier alpha value is -3.45. The first kappa shape index (κ1) is 21.8. The first-order valence-electron chi connectivity index (χ1n) is 10.3. The zero-order valence-electron chi connectivity index (χ0n) is 18.0. The molecule has 2 N–H and O–H groups in total. The van der Waals surface area contributed by atoms with Crippen molar-refractivity contribution in [1.29, 1.82) is 0 Å². The van der Waals surface area contributed by atoms with Crippen molar-refractivity contribution < 1.29 is 14.3 Å². The minimum Gasteiger partial charge on any atom is -0.495 e. The number of carbonyl (C=O) groups excluding carboxylic acids is 2. The molecule has 1 heterocycles. The van der Waals surface area contributed by atoms with Crippen LogP contribution in [0.25, 0.3) is 0 Å². The summed E-state index contributed by atoms with van der Waals surface area (Å²) < 4.78 is 5.52. The van der Waals surface area contributed by atoms with Crippen molar-refractivity contribution in [2.75, 3.05) is 23.1 Å². The van der Waals surface area contributed by atoms with Crippen LogP contribution in [0.2, 0.25) is 0 Å². The van der Waals surface area contributed by atoms with Crippen LogP contribution in [0.15, 0.2) is 72.8 Å². The molecule has 1 aliphatic rings. The molecule has 1 atom stereocenters. The van der Waals surface area contributed by atoms with Gasteiger partial charge in [-0.1, -0.05) is 48.5 Å². The molecule has 7 heteroatoms. The number of thioether (sulfide) groups is 1. The highest BCUT2D eigenvalue weighted by molar-refractivity contribution is 8.00. The monoisotopic (exact) mass is 447 g/mol. The van der Waals surface area contributed by atoms with Gasteiger partial charge in [-0.3, -0.25) is 9.69 Å². The number of methoxy groups -OCH3 is 1. The van der Waals surface area contributed by atoms with E-state index in [4.69, 9.17) is 4.74 Å². The second-order valence-corrected chi connectivity index (χ2v) is 8.59. The highest BCUT2D eigenvalue weighted by Gasteiger charge is 2.35. The smallest absolute Gasteiger partial charge is 0.319 e. The maximum atomic E-state index is 12.8. The normalized spacial score (nSPS) is 15.5. The van der Waals surface area contributed by atoms with Crippen LogP contribution < -0.4 is 20.3 Å². The number of amides is 3. The summed E-state index contributed by atoms with van der Waals surface area (Å²) >= 11 is 1.56. The van der Waals surface area contributed by atoms with Gasteiger partial charge in [-0.05, 0) is 47.9 Å². The fourth-order valence-electron chi connectivity index (χ4n) is 3.64. The van der Waals surface area contributed by atoms with Gasteiger partial charge >= 0.3 is 6.03 Å². The zero-order chi connectivity index (χ0) is 22.5. The van der Waals surface area contributed by atoms with Crippen LogP contribution in [0, 0.1) is 6.92 Å². The number of aryl methyl sites for hydroxylation is 1. The van der Waals surface area contributed by atoms with Crippen molar-refractivity contribution in [3.05, 3.63) is 89.5 Å². The quantitative estimate of drug-likeness (QED) is 0.551. The van der Waals surface area contributed by atoms with E-state index >= 15 is 0 Å². The number of benzene rings is 3. The molecule has 1 saturated heterocycles. The van der Waals surface area contributed by atoms with Gasteiger partial charge in [0.2, 0.25) is 5.91 Å². The fourth-order valence-corrected chi connectivity index (χ4v) is 4.80. The van der Waals surface area contributed by atoms with E-state index in [1.807, 2.05) is 79.7 Å². The molecular weight excluding hydrogens is 422 g/mol. The molecule has 0 aromatic heterocycles. The number of nitrogens with zero attached hydrogens (tertiary/aromatic N) is 1. The lowest BCUT2D eigenvalue weighted by Crippen LogP contribution is -2.29. The van der Waals surface area contributed by atoms with Crippen LogP contribution in [-0.2, 0) is 11.3 Å². The predicted molar refractivity (Wildman–Crippen MR) is 129 cm³/mol. The van der Waals surface area contributed by atoms with Gasteiger partial charge in [-0.2, -0.15) is 0 Å². The molecule has 0 spiro atoms. The summed E-state index contributed by atoms with van der Waals surface area (Å²) in [6, 6.07) is 22.9. The summed E-state index contributed by atoms with van der Waals surface area (Å²) in [6.07, 6.45) is 0. The van der Waals surface area contributed by atoms with Crippen LogP contribution in [0.3, 0.4) is 0 Å². The predicted octanol–water partition coefficient (Wildman–Crippen LogP) is 5.10. The Morgan fingerprint density at radius 3 is 2.69 bits per heavy atom. The number of ether oxygens (including phenoxy) is 1. The van der Waals surface area contributed by atoms with Gasteiger partial charge in [-0.25, -0.2) is 4.79 Å². The summed E-state index contributed by atoms with van der Waals surface area (Å²) in [6.45, 7) is 2.44. The number of hydrogen-bond acceptors (Lipinski definition) is 4. The van der Waals surface area contributed by atoms with Crippen molar-refractivity contribution in [3.63, 3.8) is 0 Å². The van der Waals surface area contributed by atoms with Crippen molar-refractivity contribution in [2.24, 2.45) is 0 Å². The maximum absolute atomic E-state index is 12.8. The molecule has 3 aromatic rings. The number of anilines is 2. The van der Waals surface area contributed by atoms with E-state index in [1.165, 1.54) is 0 Å². The van der Waals surface area contributed by atoms with Crippen molar-refractivity contribution >= 4 is 35.1 Å². The molecule has 1 aliphatic heterocycles. The average Bonchev–Trinajstić information content (AvgIpc) is 3.20. The lowest BCUT2D eigenvalue weighted by molar-refractivity contribution is -0.115. The molecule has 32 heavy (non-hydrogen) atoms. The third-order valence-electron chi connectivity index (χ3n) is 5.19. The van der Waals surface area contributed by atoms with Gasteiger partial charge in [0.25, 0.3) is 0 Å². The van der Waals surface area contributed by atoms with Gasteiger partial charge in [0, 0.05) is 12.2 Å². The van der Waals surface area contributed by atoms with E-state index < -0.39 is 0 Å². The summed E-state index contributed by atoms with van der Waals surface area (Å²) in [5, 5.41) is 5.55. The first-order chi connectivity index (χ1) is 15.5. The number of rotatable bonds is 6. The molecule has 0 radical (unpaired) electrons. The molecule has 1 fully saturated rings. The molecule has 6 nitrogen and oxygen atoms in total. The van der Waals surface area contributed by atoms with E-state index in [1.54, 1.807) is 23.8 Å². The zero-order valence-corrected chi connectivity index (χ0v) is 18.8. The summed E-state index contributed by atoms with van der Waals surface area (Å²) in [7, 11) is 1.61. The van der Waals surface area contributed by atoms with Crippen molar-refractivity contribution in [3.8, 4) is 5.75 Å². The van der Waals surface area contributed by atoms with Crippen molar-refractivity contribution in [1.82, 2.24) is 5.32 Å². The third-order valence-corrected chi connectivity index (χ3v) is 6.40. The van der Waals surface area contributed by atoms with Crippen molar-refractivity contribution in [2.45, 2.75) is 18.8 Å². The minimum atomic E-state index is -0.279. The first-order valence-corrected chi connectivity index (χ1v) is 11.4. The van der Waals surface area contributed by atoms with Gasteiger partial charge in [-0.15, -0.1) is 11.8 Å². The Balaban J connectivity index is 1.51. The summed E-state index contributed by atoms with van der Waals surface area (Å²) in [4.78, 5) is 26.9. The number of urea groups is 1. The standard InChI is InChI=1S/C25H25N3O3S/c1-17-11-12-22(31-2)21(13-17)28-23(29)16-32-24(28)19-9-6-10-20(14-19)27-25(30)26-15-18-7-4-3-5-8-18/h3-14,24H,15-16H2,1-2H3,(H2,26,27,30). The number of nitrogens with one attached hydrogen (secondary N) is 2. The average molecular weight is 448 g/mol. The second-order valence-electron chi connectivity index (χ2n) is 7.52. The largest absolute Gasteiger partial charge is 0.495 e. The van der Waals surface area contributed by atoms with E-state index in [0.717, 1.165) is 22.4 Å². The Labute approximate surface area is 192 Å². The van der Waals surface area contributed by atoms with Crippen LogP contribution in [-0.4, -0.2) is 24.8 Å². The van der Waals surface area contributed by atoms with Crippen LogP contribution in [0.4, 0.5) is 16.2 Å². The number of carbonyl (C=O) groups is 2. The Morgan fingerprint density at radius 1 is 1.09 bits per heavy atom. The second kappa shape index (κ2) is 9.78. The molecule has 3 amide bonds.